The van der Waals surface area contributed by atoms with Gasteiger partial charge in [-0.2, -0.15) is 5.10 Å². The minimum atomic E-state index is -0.944. The van der Waals surface area contributed by atoms with Gasteiger partial charge in [-0.05, 0) is 30.3 Å². The molecule has 0 saturated carbocycles. The first kappa shape index (κ1) is 20.9. The van der Waals surface area contributed by atoms with Gasteiger partial charge in [0.05, 0.1) is 29.2 Å². The molecule has 1 aromatic heterocycles. The van der Waals surface area contributed by atoms with Gasteiger partial charge in [0.1, 0.15) is 22.8 Å². The first-order chi connectivity index (χ1) is 14.7. The van der Waals surface area contributed by atoms with Crippen molar-refractivity contribution in [2.75, 3.05) is 12.4 Å². The van der Waals surface area contributed by atoms with Crippen LogP contribution in [0.15, 0.2) is 48.7 Å². The summed E-state index contributed by atoms with van der Waals surface area (Å²) in [5, 5.41) is 28.8. The molecule has 3 aromatic rings. The van der Waals surface area contributed by atoms with Gasteiger partial charge in [0.2, 0.25) is 0 Å². The number of amides is 2. The number of benzene rings is 2. The van der Waals surface area contributed by atoms with Gasteiger partial charge in [0.15, 0.2) is 0 Å². The van der Waals surface area contributed by atoms with Crippen LogP contribution in [0.2, 0.25) is 0 Å². The topological polar surface area (TPSA) is 186 Å². The number of rotatable bonds is 7. The van der Waals surface area contributed by atoms with Crippen LogP contribution < -0.4 is 15.8 Å². The number of methoxy groups -OCH3 is 1. The third-order valence-corrected chi connectivity index (χ3v) is 4.21. The summed E-state index contributed by atoms with van der Waals surface area (Å²) in [6, 6.07) is 8.88. The molecule has 3 rings (SSSR count). The molecule has 2 aromatic carbocycles. The maximum absolute atomic E-state index is 12.7. The monoisotopic (exact) mass is 426 g/mol. The lowest BCUT2D eigenvalue weighted by atomic mass is 10.2. The summed E-state index contributed by atoms with van der Waals surface area (Å²) in [5.41, 5.74) is 3.93. The molecule has 0 atom stereocenters. The van der Waals surface area contributed by atoms with E-state index in [9.17, 15) is 29.8 Å². The van der Waals surface area contributed by atoms with Gasteiger partial charge in [-0.3, -0.25) is 29.8 Å². The van der Waals surface area contributed by atoms with Crippen molar-refractivity contribution in [2.45, 2.75) is 0 Å². The number of nitro groups is 2. The fraction of sp³-hybridized carbons (Fsp3) is 0.0556. The Balaban J connectivity index is 2.09. The molecule has 0 saturated heterocycles. The molecular formula is C18H14N6O7. The molecule has 0 spiro atoms. The van der Waals surface area contributed by atoms with Crippen molar-refractivity contribution in [2.24, 2.45) is 5.73 Å². The van der Waals surface area contributed by atoms with E-state index in [2.05, 4.69) is 10.4 Å². The highest BCUT2D eigenvalue weighted by Gasteiger charge is 2.26. The van der Waals surface area contributed by atoms with Crippen LogP contribution in [0, 0.1) is 20.2 Å². The van der Waals surface area contributed by atoms with Crippen molar-refractivity contribution in [3.63, 3.8) is 0 Å². The third kappa shape index (κ3) is 4.14. The van der Waals surface area contributed by atoms with Crippen molar-refractivity contribution < 1.29 is 24.2 Å². The molecule has 0 bridgehead atoms. The molecule has 0 fully saturated rings. The number of nitrogens with zero attached hydrogens (tertiary/aromatic N) is 4. The van der Waals surface area contributed by atoms with E-state index in [-0.39, 0.29) is 22.6 Å². The molecule has 13 heteroatoms. The summed E-state index contributed by atoms with van der Waals surface area (Å²) in [4.78, 5) is 45.3. The van der Waals surface area contributed by atoms with Gasteiger partial charge in [0.25, 0.3) is 17.5 Å². The maximum Gasteiger partial charge on any atom is 0.301 e. The smallest absolute Gasteiger partial charge is 0.301 e. The highest BCUT2D eigenvalue weighted by molar-refractivity contribution is 6.08. The first-order valence-electron chi connectivity index (χ1n) is 8.49. The van der Waals surface area contributed by atoms with E-state index in [0.29, 0.717) is 5.75 Å². The number of carbonyl (C=O) groups is 2. The molecule has 0 aliphatic heterocycles. The van der Waals surface area contributed by atoms with Crippen LogP contribution in [-0.2, 0) is 0 Å². The number of non-ortho nitro benzene ring substituents is 1. The quantitative estimate of drug-likeness (QED) is 0.424. The van der Waals surface area contributed by atoms with E-state index in [1.807, 2.05) is 0 Å². The van der Waals surface area contributed by atoms with E-state index >= 15 is 0 Å². The molecule has 158 valence electrons. The van der Waals surface area contributed by atoms with Crippen molar-refractivity contribution >= 4 is 29.0 Å². The lowest BCUT2D eigenvalue weighted by Gasteiger charge is -2.11. The van der Waals surface area contributed by atoms with Crippen molar-refractivity contribution in [1.29, 1.82) is 0 Å². The second kappa shape index (κ2) is 8.28. The van der Waals surface area contributed by atoms with Crippen LogP contribution in [0.5, 0.6) is 5.75 Å². The van der Waals surface area contributed by atoms with Crippen LogP contribution in [-0.4, -0.2) is 38.6 Å². The predicted octanol–water partition coefficient (Wildman–Crippen LogP) is 2.05. The summed E-state index contributed by atoms with van der Waals surface area (Å²) in [6.07, 6.45) is 1.02. The van der Waals surface area contributed by atoms with Gasteiger partial charge in [-0.15, -0.1) is 0 Å². The molecule has 0 radical (unpaired) electrons. The number of primary amides is 1. The molecular weight excluding hydrogens is 412 g/mol. The highest BCUT2D eigenvalue weighted by Crippen LogP contribution is 2.31. The van der Waals surface area contributed by atoms with Crippen LogP contribution in [0.1, 0.15) is 20.7 Å². The zero-order chi connectivity index (χ0) is 22.7. The number of ether oxygens (including phenoxy) is 1. The van der Waals surface area contributed by atoms with Gasteiger partial charge in [-0.25, -0.2) is 4.68 Å². The highest BCUT2D eigenvalue weighted by atomic mass is 16.6. The van der Waals surface area contributed by atoms with Crippen molar-refractivity contribution in [1.82, 2.24) is 9.78 Å². The Bertz CT molecular complexity index is 1200. The Kier molecular flexibility index (Phi) is 5.59. The molecule has 1 heterocycles. The number of anilines is 1. The third-order valence-electron chi connectivity index (χ3n) is 4.21. The SMILES string of the molecule is COc1ccc(C(=O)Nc2c(C(N)=O)cnn2-c2ccc([N+](=O)[O-])cc2[N+](=O)[O-])cc1. The Hall–Kier alpha value is -4.81. The van der Waals surface area contributed by atoms with Gasteiger partial charge in [0, 0.05) is 11.6 Å². The zero-order valence-electron chi connectivity index (χ0n) is 15.8. The van der Waals surface area contributed by atoms with Gasteiger partial charge in [-0.1, -0.05) is 0 Å². The molecule has 31 heavy (non-hydrogen) atoms. The van der Waals surface area contributed by atoms with Crippen LogP contribution >= 0.6 is 0 Å². The minimum absolute atomic E-state index is 0.196. The molecule has 0 unspecified atom stereocenters. The minimum Gasteiger partial charge on any atom is -0.497 e. The Morgan fingerprint density at radius 3 is 2.32 bits per heavy atom. The van der Waals surface area contributed by atoms with E-state index in [1.165, 1.54) is 19.2 Å². The van der Waals surface area contributed by atoms with E-state index in [0.717, 1.165) is 29.1 Å². The zero-order valence-corrected chi connectivity index (χ0v) is 15.8. The molecule has 13 nitrogen and oxygen atoms in total. The number of nitrogens with one attached hydrogen (secondary N) is 1. The largest absolute Gasteiger partial charge is 0.497 e. The normalized spacial score (nSPS) is 10.4. The predicted molar refractivity (Wildman–Crippen MR) is 106 cm³/mol. The number of aromatic nitrogens is 2. The molecule has 0 aliphatic carbocycles. The molecule has 0 aliphatic rings. The lowest BCUT2D eigenvalue weighted by Crippen LogP contribution is -2.20. The first-order valence-corrected chi connectivity index (χ1v) is 8.49. The number of hydrogen-bond acceptors (Lipinski definition) is 8. The van der Waals surface area contributed by atoms with Crippen LogP contribution in [0.3, 0.4) is 0 Å². The van der Waals surface area contributed by atoms with Crippen LogP contribution in [0.4, 0.5) is 17.2 Å². The Labute approximate surface area is 173 Å². The van der Waals surface area contributed by atoms with E-state index < -0.39 is 33.0 Å². The summed E-state index contributed by atoms with van der Waals surface area (Å²) in [5.74, 6) is -1.32. The van der Waals surface area contributed by atoms with Gasteiger partial charge < -0.3 is 15.8 Å². The van der Waals surface area contributed by atoms with E-state index in [4.69, 9.17) is 10.5 Å². The number of nitrogens with two attached hydrogens (primary N) is 1. The second-order valence-electron chi connectivity index (χ2n) is 6.05. The maximum atomic E-state index is 12.7. The Morgan fingerprint density at radius 2 is 1.77 bits per heavy atom. The number of nitro benzene ring substituents is 2. The second-order valence-corrected chi connectivity index (χ2v) is 6.05. The lowest BCUT2D eigenvalue weighted by molar-refractivity contribution is -0.394. The summed E-state index contributed by atoms with van der Waals surface area (Å²) in [7, 11) is 1.46. The average molecular weight is 426 g/mol. The van der Waals surface area contributed by atoms with E-state index in [1.54, 1.807) is 12.1 Å². The fourth-order valence-corrected chi connectivity index (χ4v) is 2.70. The fourth-order valence-electron chi connectivity index (χ4n) is 2.70. The summed E-state index contributed by atoms with van der Waals surface area (Å²) < 4.78 is 5.93. The average Bonchev–Trinajstić information content (AvgIpc) is 3.16. The van der Waals surface area contributed by atoms with Crippen LogP contribution in [0.25, 0.3) is 5.69 Å². The standard InChI is InChI=1S/C18H14N6O7/c1-31-12-5-2-10(3-6-12)18(26)21-17-13(16(19)25)9-20-22(17)14-7-4-11(23(27)28)8-15(14)24(29)30/h2-9H,1H3,(H2,19,25)(H,21,26). The number of carbonyl (C=O) groups excluding carboxylic acids is 2. The molecule has 3 N–H and O–H groups in total. The molecule has 2 amide bonds. The summed E-state index contributed by atoms with van der Waals surface area (Å²) in [6.45, 7) is 0. The Morgan fingerprint density at radius 1 is 1.10 bits per heavy atom. The van der Waals surface area contributed by atoms with Gasteiger partial charge >= 0.3 is 5.69 Å². The number of hydrogen-bond donors (Lipinski definition) is 2. The van der Waals surface area contributed by atoms with Crippen molar-refractivity contribution in [3.05, 3.63) is 80.0 Å². The summed E-state index contributed by atoms with van der Waals surface area (Å²) >= 11 is 0. The van der Waals surface area contributed by atoms with Crippen molar-refractivity contribution in [3.8, 4) is 11.4 Å².